The van der Waals surface area contributed by atoms with Crippen molar-refractivity contribution in [3.8, 4) is 27.4 Å². The summed E-state index contributed by atoms with van der Waals surface area (Å²) in [7, 11) is 1.76. The van der Waals surface area contributed by atoms with E-state index in [9.17, 15) is 9.90 Å². The van der Waals surface area contributed by atoms with Crippen LogP contribution in [0.15, 0.2) is 23.6 Å². The molecule has 32 heavy (non-hydrogen) atoms. The minimum atomic E-state index is -1.19. The molecular weight excluding hydrogens is 448 g/mol. The van der Waals surface area contributed by atoms with E-state index in [1.54, 1.807) is 23.1 Å². The third kappa shape index (κ3) is 4.17. The fourth-order valence-corrected chi connectivity index (χ4v) is 5.18. The van der Waals surface area contributed by atoms with E-state index in [0.29, 0.717) is 17.3 Å². The van der Waals surface area contributed by atoms with E-state index in [-0.39, 0.29) is 0 Å². The van der Waals surface area contributed by atoms with E-state index in [1.807, 2.05) is 51.3 Å². The first kappa shape index (κ1) is 22.8. The van der Waals surface area contributed by atoms with Crippen molar-refractivity contribution < 1.29 is 19.4 Å². The number of carboxylic acids is 1. The zero-order valence-electron chi connectivity index (χ0n) is 18.9. The van der Waals surface area contributed by atoms with Crippen molar-refractivity contribution in [1.29, 1.82) is 0 Å². The van der Waals surface area contributed by atoms with Crippen LogP contribution in [0.3, 0.4) is 0 Å². The van der Waals surface area contributed by atoms with Crippen LogP contribution in [0.4, 0.5) is 0 Å². The van der Waals surface area contributed by atoms with Crippen LogP contribution in [-0.4, -0.2) is 33.1 Å². The number of fused-ring (bicyclic) bond motifs is 1. The highest BCUT2D eigenvalue weighted by atomic mass is 35.5. The SMILES string of the molecule is Cc1c(-c2c(-c3cccs3)nn(C)c2C(OC(C)(C)C)C(=O)O)cc(Cl)c2c1CCCO2. The Labute approximate surface area is 196 Å². The standard InChI is InChI=1S/C24H27ClN2O4S/c1-13-14-8-6-10-30-21(14)16(25)12-15(13)18-19(17-9-7-11-32-17)26-27(5)20(18)22(23(28)29)31-24(2,3)4/h7,9,11-12,22H,6,8,10H2,1-5H3,(H,28,29). The van der Waals surface area contributed by atoms with Gasteiger partial charge < -0.3 is 14.6 Å². The molecule has 0 saturated carbocycles. The Balaban J connectivity index is 2.03. The monoisotopic (exact) mass is 474 g/mol. The number of aliphatic carboxylic acids is 1. The van der Waals surface area contributed by atoms with Crippen molar-refractivity contribution in [2.45, 2.75) is 52.2 Å². The number of halogens is 1. The van der Waals surface area contributed by atoms with Gasteiger partial charge in [0.15, 0.2) is 6.10 Å². The van der Waals surface area contributed by atoms with Gasteiger partial charge in [0.25, 0.3) is 0 Å². The molecule has 1 unspecified atom stereocenters. The van der Waals surface area contributed by atoms with Gasteiger partial charge in [-0.2, -0.15) is 5.10 Å². The Kier molecular flexibility index (Phi) is 6.09. The Morgan fingerprint density at radius 3 is 2.78 bits per heavy atom. The summed E-state index contributed by atoms with van der Waals surface area (Å²) in [5, 5.41) is 17.4. The maximum absolute atomic E-state index is 12.4. The van der Waals surface area contributed by atoms with Crippen molar-refractivity contribution in [3.05, 3.63) is 45.4 Å². The molecule has 0 amide bonds. The molecule has 1 N–H and O–H groups in total. The van der Waals surface area contributed by atoms with Gasteiger partial charge in [0.05, 0.1) is 27.8 Å². The van der Waals surface area contributed by atoms with Crippen LogP contribution in [-0.2, 0) is 23.0 Å². The quantitative estimate of drug-likeness (QED) is 0.487. The zero-order chi connectivity index (χ0) is 23.2. The van der Waals surface area contributed by atoms with Crippen LogP contribution < -0.4 is 4.74 Å². The topological polar surface area (TPSA) is 73.6 Å². The van der Waals surface area contributed by atoms with E-state index in [2.05, 4.69) is 0 Å². The first-order chi connectivity index (χ1) is 15.1. The Hall–Kier alpha value is -2.35. The Morgan fingerprint density at radius 1 is 1.41 bits per heavy atom. The van der Waals surface area contributed by atoms with Gasteiger partial charge in [-0.3, -0.25) is 4.68 Å². The summed E-state index contributed by atoms with van der Waals surface area (Å²) >= 11 is 8.21. The Morgan fingerprint density at radius 2 is 2.16 bits per heavy atom. The summed E-state index contributed by atoms with van der Waals surface area (Å²) in [5.41, 5.74) is 4.23. The first-order valence-electron chi connectivity index (χ1n) is 10.5. The van der Waals surface area contributed by atoms with Gasteiger partial charge in [0, 0.05) is 12.6 Å². The molecule has 8 heteroatoms. The lowest BCUT2D eigenvalue weighted by atomic mass is 9.90. The van der Waals surface area contributed by atoms with Gasteiger partial charge >= 0.3 is 5.97 Å². The fourth-order valence-electron chi connectivity index (χ4n) is 4.18. The van der Waals surface area contributed by atoms with Crippen molar-refractivity contribution in [3.63, 3.8) is 0 Å². The lowest BCUT2D eigenvalue weighted by Crippen LogP contribution is -2.29. The lowest BCUT2D eigenvalue weighted by Gasteiger charge is -2.27. The van der Waals surface area contributed by atoms with Gasteiger partial charge in [-0.05, 0) is 74.7 Å². The number of hydrogen-bond acceptors (Lipinski definition) is 5. The minimum Gasteiger partial charge on any atom is -0.492 e. The van der Waals surface area contributed by atoms with Crippen molar-refractivity contribution in [1.82, 2.24) is 9.78 Å². The molecule has 1 aliphatic rings. The van der Waals surface area contributed by atoms with Crippen LogP contribution in [0.25, 0.3) is 21.7 Å². The first-order valence-corrected chi connectivity index (χ1v) is 11.8. The van der Waals surface area contributed by atoms with Crippen LogP contribution in [0.2, 0.25) is 5.02 Å². The molecule has 0 fully saturated rings. The number of rotatable bonds is 5. The summed E-state index contributed by atoms with van der Waals surface area (Å²) in [6.45, 7) is 8.21. The normalized spacial score (nSPS) is 14.7. The average molecular weight is 475 g/mol. The molecule has 3 heterocycles. The van der Waals surface area contributed by atoms with Crippen molar-refractivity contribution in [2.75, 3.05) is 6.61 Å². The molecule has 1 atom stereocenters. The van der Waals surface area contributed by atoms with E-state index in [4.69, 9.17) is 26.2 Å². The molecular formula is C24H27ClN2O4S. The molecule has 3 aromatic rings. The van der Waals surface area contributed by atoms with Gasteiger partial charge in [0.2, 0.25) is 0 Å². The third-order valence-corrected chi connectivity index (χ3v) is 6.65. The number of aromatic nitrogens is 2. The van der Waals surface area contributed by atoms with Gasteiger partial charge in [0.1, 0.15) is 11.4 Å². The molecule has 0 spiro atoms. The summed E-state index contributed by atoms with van der Waals surface area (Å²) in [6, 6.07) is 5.81. The maximum Gasteiger partial charge on any atom is 0.339 e. The van der Waals surface area contributed by atoms with Gasteiger partial charge in [-0.25, -0.2) is 4.79 Å². The molecule has 2 aromatic heterocycles. The largest absolute Gasteiger partial charge is 0.492 e. The molecule has 0 aliphatic carbocycles. The number of thiophene rings is 1. The molecule has 6 nitrogen and oxygen atoms in total. The molecule has 0 bridgehead atoms. The molecule has 0 saturated heterocycles. The predicted octanol–water partition coefficient (Wildman–Crippen LogP) is 6.04. The zero-order valence-corrected chi connectivity index (χ0v) is 20.4. The predicted molar refractivity (Wildman–Crippen MR) is 127 cm³/mol. The summed E-state index contributed by atoms with van der Waals surface area (Å²) in [4.78, 5) is 13.3. The number of carboxylic acid groups (broad SMARTS) is 1. The van der Waals surface area contributed by atoms with Gasteiger partial charge in [-0.15, -0.1) is 11.3 Å². The smallest absolute Gasteiger partial charge is 0.339 e. The molecule has 1 aliphatic heterocycles. The number of nitrogens with zero attached hydrogens (tertiary/aromatic N) is 2. The molecule has 170 valence electrons. The fraction of sp³-hybridized carbons (Fsp3) is 0.417. The number of aryl methyl sites for hydroxylation is 1. The van der Waals surface area contributed by atoms with E-state index >= 15 is 0 Å². The van der Waals surface area contributed by atoms with E-state index in [0.717, 1.165) is 51.4 Å². The molecule has 4 rings (SSSR count). The minimum absolute atomic E-state index is 0.492. The highest BCUT2D eigenvalue weighted by Gasteiger charge is 2.35. The van der Waals surface area contributed by atoms with E-state index in [1.165, 1.54) is 0 Å². The second kappa shape index (κ2) is 8.54. The summed E-state index contributed by atoms with van der Waals surface area (Å²) in [5.74, 6) is -0.338. The van der Waals surface area contributed by atoms with Crippen LogP contribution in [0, 0.1) is 6.92 Å². The number of ether oxygens (including phenoxy) is 2. The van der Waals surface area contributed by atoms with Crippen molar-refractivity contribution >= 4 is 28.9 Å². The maximum atomic E-state index is 12.4. The van der Waals surface area contributed by atoms with Crippen molar-refractivity contribution in [2.24, 2.45) is 7.05 Å². The average Bonchev–Trinajstić information content (AvgIpc) is 3.36. The molecule has 0 radical (unpaired) electrons. The summed E-state index contributed by atoms with van der Waals surface area (Å²) < 4.78 is 13.5. The third-order valence-electron chi connectivity index (χ3n) is 5.50. The Bertz CT molecular complexity index is 1160. The van der Waals surface area contributed by atoms with Gasteiger partial charge in [-0.1, -0.05) is 17.7 Å². The summed E-state index contributed by atoms with van der Waals surface area (Å²) in [6.07, 6.45) is 0.581. The van der Waals surface area contributed by atoms with E-state index < -0.39 is 17.7 Å². The highest BCUT2D eigenvalue weighted by molar-refractivity contribution is 7.13. The van der Waals surface area contributed by atoms with Crippen LogP contribution in [0.1, 0.15) is 50.1 Å². The number of hydrogen-bond donors (Lipinski definition) is 1. The second-order valence-corrected chi connectivity index (χ2v) is 10.3. The van der Waals surface area contributed by atoms with Crippen LogP contribution >= 0.6 is 22.9 Å². The lowest BCUT2D eigenvalue weighted by molar-refractivity contribution is -0.161. The number of benzene rings is 1. The highest BCUT2D eigenvalue weighted by Crippen LogP contribution is 2.46. The second-order valence-electron chi connectivity index (χ2n) is 8.95. The number of carbonyl (C=O) groups is 1. The van der Waals surface area contributed by atoms with Crippen LogP contribution in [0.5, 0.6) is 5.75 Å². The molecule has 1 aromatic carbocycles.